The van der Waals surface area contributed by atoms with Crippen LogP contribution in [0, 0.1) is 4.43 Å². The summed E-state index contributed by atoms with van der Waals surface area (Å²) in [6.07, 6.45) is 5.17. The van der Waals surface area contributed by atoms with Crippen LogP contribution in [0.25, 0.3) is 0 Å². The number of rotatable bonds is 14. The SMILES string of the molecule is CCCNc1nc(Cl)nc(NCCC)n1.CCCNc1nc(NCCC)nc(N(C)O)n1.CC[CH-]I.CNO.[V]. The summed E-state index contributed by atoms with van der Waals surface area (Å²) in [5.74, 6) is 2.20. The Morgan fingerprint density at radius 1 is 0.725 bits per heavy atom. The van der Waals surface area contributed by atoms with Gasteiger partial charge in [0.15, 0.2) is 0 Å². The molecule has 7 N–H and O–H groups in total. The Labute approximate surface area is 270 Å². The van der Waals surface area contributed by atoms with Gasteiger partial charge in [-0.1, -0.05) is 34.6 Å². The number of aromatic nitrogens is 6. The number of hydrogen-bond donors (Lipinski definition) is 7. The van der Waals surface area contributed by atoms with E-state index in [9.17, 15) is 5.21 Å². The Balaban J connectivity index is -0.000000546. The maximum absolute atomic E-state index is 9.35. The minimum absolute atomic E-state index is 0. The van der Waals surface area contributed by atoms with Gasteiger partial charge in [0.25, 0.3) is 5.95 Å². The van der Waals surface area contributed by atoms with E-state index in [-0.39, 0.29) is 29.8 Å². The fourth-order valence-corrected chi connectivity index (χ4v) is 2.28. The van der Waals surface area contributed by atoms with E-state index >= 15 is 0 Å². The molecule has 0 saturated heterocycles. The molecule has 2 aromatic rings. The van der Waals surface area contributed by atoms with Crippen molar-refractivity contribution in [2.75, 3.05) is 66.6 Å². The molecular weight excluding hydrogens is 690 g/mol. The zero-order chi connectivity index (χ0) is 29.9. The third-order valence-corrected chi connectivity index (χ3v) is 4.86. The van der Waals surface area contributed by atoms with Gasteiger partial charge in [-0.05, 0) is 37.3 Å². The van der Waals surface area contributed by atoms with E-state index < -0.39 is 0 Å². The van der Waals surface area contributed by atoms with Crippen LogP contribution < -0.4 is 31.8 Å². The molecule has 2 heterocycles. The normalized spacial score (nSPS) is 9.28. The van der Waals surface area contributed by atoms with Gasteiger partial charge < -0.3 is 49.1 Å². The molecule has 0 saturated carbocycles. The molecule has 1 radical (unpaired) electrons. The average Bonchev–Trinajstić information content (AvgIpc) is 2.93. The zero-order valence-corrected chi connectivity index (χ0v) is 29.0. The molecule has 0 aromatic carbocycles. The summed E-state index contributed by atoms with van der Waals surface area (Å²) < 4.78 is 2.09. The van der Waals surface area contributed by atoms with E-state index in [1.165, 1.54) is 20.5 Å². The molecule has 0 aliphatic rings. The van der Waals surface area contributed by atoms with Crippen LogP contribution in [0.1, 0.15) is 66.7 Å². The second kappa shape index (κ2) is 30.5. The third kappa shape index (κ3) is 24.3. The molecule has 0 unspecified atom stereocenters. The van der Waals surface area contributed by atoms with Crippen LogP contribution in [-0.4, -0.2) is 80.6 Å². The van der Waals surface area contributed by atoms with Gasteiger partial charge in [-0.3, -0.25) is 9.63 Å². The van der Waals surface area contributed by atoms with Crippen LogP contribution in [0.2, 0.25) is 5.28 Å². The standard InChI is InChI=1S/C10H20N6O.C9H16ClN5.C3H6I.CH5NO.V/c1-4-6-11-8-13-9(12-7-5-2)15-10(14-8)16(3)17;1-3-5-11-8-13-7(10)14-9(15-8)12-6-4-2;1-2-3-4;1-2-3;/h17H,4-7H2,1-3H3,(H2,11,12,13,14,15);3-6H2,1-2H3,(H2,11,12,13,14,15);3H,2H2,1H3;2-3H,1H3;/q;;-1;;. The van der Waals surface area contributed by atoms with Crippen molar-refractivity contribution in [1.29, 1.82) is 0 Å². The van der Waals surface area contributed by atoms with Crippen molar-refractivity contribution in [2.45, 2.75) is 66.7 Å². The van der Waals surface area contributed by atoms with Crippen molar-refractivity contribution < 1.29 is 29.0 Å². The molecule has 231 valence electrons. The maximum Gasteiger partial charge on any atom is 0.255 e. The molecule has 0 bridgehead atoms. The van der Waals surface area contributed by atoms with Crippen LogP contribution in [0.5, 0.6) is 0 Å². The summed E-state index contributed by atoms with van der Waals surface area (Å²) in [5, 5.41) is 30.0. The number of halogens is 2. The molecule has 14 nitrogen and oxygen atoms in total. The molecule has 0 spiro atoms. The number of anilines is 5. The maximum atomic E-state index is 9.35. The van der Waals surface area contributed by atoms with E-state index in [2.05, 4.69) is 113 Å². The molecular formula is C23H47ClIN12O2V-. The summed E-state index contributed by atoms with van der Waals surface area (Å²) >= 11 is 7.99. The fourth-order valence-electron chi connectivity index (χ4n) is 2.12. The first kappa shape index (κ1) is 43.0. The van der Waals surface area contributed by atoms with E-state index in [1.54, 1.807) is 5.48 Å². The Bertz CT molecular complexity index is 792. The smallest absolute Gasteiger partial charge is 0.255 e. The average molecular weight is 737 g/mol. The van der Waals surface area contributed by atoms with Crippen molar-refractivity contribution in [3.63, 3.8) is 0 Å². The summed E-state index contributed by atoms with van der Waals surface area (Å²) in [6, 6.07) is 0. The number of hydrogen-bond acceptors (Lipinski definition) is 14. The minimum Gasteiger partial charge on any atom is -0.354 e. The van der Waals surface area contributed by atoms with Gasteiger partial charge in [-0.25, -0.2) is 10.5 Å². The molecule has 0 atom stereocenters. The number of nitrogens with zero attached hydrogens (tertiary/aromatic N) is 7. The van der Waals surface area contributed by atoms with Gasteiger partial charge in [-0.2, -0.15) is 36.3 Å². The van der Waals surface area contributed by atoms with Crippen molar-refractivity contribution in [1.82, 2.24) is 35.4 Å². The molecule has 2 aromatic heterocycles. The molecule has 0 aliphatic heterocycles. The number of hydroxylamine groups is 2. The van der Waals surface area contributed by atoms with Gasteiger partial charge in [-0.15, -0.1) is 0 Å². The van der Waals surface area contributed by atoms with E-state index in [1.807, 2.05) is 0 Å². The van der Waals surface area contributed by atoms with E-state index in [0.29, 0.717) is 23.8 Å². The predicted octanol–water partition coefficient (Wildman–Crippen LogP) is 5.10. The van der Waals surface area contributed by atoms with Crippen molar-refractivity contribution in [3.8, 4) is 0 Å². The molecule has 0 aliphatic carbocycles. The second-order valence-corrected chi connectivity index (χ2v) is 8.77. The molecule has 0 fully saturated rings. The largest absolute Gasteiger partial charge is 0.354 e. The van der Waals surface area contributed by atoms with Crippen LogP contribution in [0.3, 0.4) is 0 Å². The van der Waals surface area contributed by atoms with Gasteiger partial charge in [0.05, 0.1) is 0 Å². The van der Waals surface area contributed by atoms with Gasteiger partial charge >= 0.3 is 0 Å². The Kier molecular flexibility index (Phi) is 32.7. The van der Waals surface area contributed by atoms with Crippen LogP contribution in [0.4, 0.5) is 29.7 Å². The summed E-state index contributed by atoms with van der Waals surface area (Å²) in [4.78, 5) is 24.5. The Morgan fingerprint density at radius 2 is 1.00 bits per heavy atom. The number of nitrogens with one attached hydrogen (secondary N) is 5. The van der Waals surface area contributed by atoms with E-state index in [0.717, 1.165) is 56.9 Å². The minimum atomic E-state index is 0. The summed E-state index contributed by atoms with van der Waals surface area (Å²) in [7, 11) is 2.91. The van der Waals surface area contributed by atoms with Crippen molar-refractivity contribution in [3.05, 3.63) is 9.71 Å². The van der Waals surface area contributed by atoms with E-state index in [4.69, 9.17) is 16.8 Å². The Morgan fingerprint density at radius 3 is 1.23 bits per heavy atom. The molecule has 2 rings (SSSR count). The van der Waals surface area contributed by atoms with Gasteiger partial charge in [0.2, 0.25) is 29.1 Å². The van der Waals surface area contributed by atoms with Crippen molar-refractivity contribution >= 4 is 63.9 Å². The summed E-state index contributed by atoms with van der Waals surface area (Å²) in [6.45, 7) is 13.6. The van der Waals surface area contributed by atoms with Crippen molar-refractivity contribution in [2.24, 2.45) is 0 Å². The first-order valence-electron chi connectivity index (χ1n) is 13.0. The molecule has 17 heteroatoms. The molecule has 0 amide bonds. The third-order valence-electron chi connectivity index (χ3n) is 3.81. The fraction of sp³-hybridized carbons (Fsp3) is 0.696. The zero-order valence-electron chi connectivity index (χ0n) is 24.7. The van der Waals surface area contributed by atoms with Crippen LogP contribution in [0.15, 0.2) is 0 Å². The van der Waals surface area contributed by atoms with Crippen LogP contribution >= 0.6 is 34.2 Å². The van der Waals surface area contributed by atoms with Gasteiger partial charge in [0, 0.05) is 58.8 Å². The van der Waals surface area contributed by atoms with Crippen LogP contribution in [-0.2, 0) is 18.6 Å². The molecule has 40 heavy (non-hydrogen) atoms. The predicted molar refractivity (Wildman–Crippen MR) is 169 cm³/mol. The second-order valence-electron chi connectivity index (χ2n) is 7.55. The monoisotopic (exact) mass is 736 g/mol. The summed E-state index contributed by atoms with van der Waals surface area (Å²) in [5.41, 5.74) is 1.75. The first-order chi connectivity index (χ1) is 18.8. The quantitative estimate of drug-likeness (QED) is 0.0774. The first-order valence-corrected chi connectivity index (χ1v) is 14.7. The van der Waals surface area contributed by atoms with Gasteiger partial charge in [0.1, 0.15) is 0 Å². The topological polar surface area (TPSA) is 181 Å². The Hall–Kier alpha value is -1.50.